The maximum Gasteiger partial charge on any atom is 0.293 e. The van der Waals surface area contributed by atoms with Crippen LogP contribution in [0.15, 0.2) is 41.3 Å². The van der Waals surface area contributed by atoms with E-state index in [1.807, 2.05) is 0 Å². The van der Waals surface area contributed by atoms with Crippen molar-refractivity contribution in [2.24, 2.45) is 0 Å². The molecule has 0 spiro atoms. The smallest absolute Gasteiger partial charge is 0.293 e. The summed E-state index contributed by atoms with van der Waals surface area (Å²) in [6, 6.07) is 8.67. The van der Waals surface area contributed by atoms with Crippen molar-refractivity contribution < 1.29 is 23.2 Å². The lowest BCUT2D eigenvalue weighted by Gasteiger charge is -2.35. The van der Waals surface area contributed by atoms with E-state index in [4.69, 9.17) is 0 Å². The molecule has 9 nitrogen and oxygen atoms in total. The molecule has 154 valence electrons. The van der Waals surface area contributed by atoms with Gasteiger partial charge in [-0.05, 0) is 43.7 Å². The summed E-state index contributed by atoms with van der Waals surface area (Å²) in [5.74, 6) is -0.581. The van der Waals surface area contributed by atoms with Gasteiger partial charge in [-0.15, -0.1) is 0 Å². The van der Waals surface area contributed by atoms with Crippen molar-refractivity contribution in [1.29, 1.82) is 0 Å². The summed E-state index contributed by atoms with van der Waals surface area (Å²) in [6.07, 6.45) is 0. The van der Waals surface area contributed by atoms with Gasteiger partial charge in [0.25, 0.3) is 5.69 Å². The molecule has 0 bridgehead atoms. The lowest BCUT2D eigenvalue weighted by atomic mass is 10.1. The van der Waals surface area contributed by atoms with Gasteiger partial charge in [-0.25, -0.2) is 8.42 Å². The van der Waals surface area contributed by atoms with Crippen LogP contribution in [0.4, 0.5) is 11.4 Å². The van der Waals surface area contributed by atoms with Gasteiger partial charge in [-0.2, -0.15) is 4.31 Å². The Morgan fingerprint density at radius 3 is 2.34 bits per heavy atom. The summed E-state index contributed by atoms with van der Waals surface area (Å²) < 4.78 is 27.1. The Hall–Kier alpha value is -2.98. The van der Waals surface area contributed by atoms with Crippen LogP contribution in [0.1, 0.15) is 22.8 Å². The van der Waals surface area contributed by atoms with Gasteiger partial charge in [-0.3, -0.25) is 14.9 Å². The standard InChI is InChI=1S/C19H21N3O6S/c1-13-3-6-18(24)19(11-13)29(27,28)21-9-7-20(8-10-21)16-5-4-15(14(2)23)12-17(16)22(25)26/h3-6,11-12,24H,7-10H2,1-2H3. The number of nitrogens with zero attached hydrogens (tertiary/aromatic N) is 3. The first-order valence-electron chi connectivity index (χ1n) is 8.95. The molecule has 0 aliphatic carbocycles. The van der Waals surface area contributed by atoms with Gasteiger partial charge in [0.1, 0.15) is 16.3 Å². The van der Waals surface area contributed by atoms with E-state index in [2.05, 4.69) is 0 Å². The van der Waals surface area contributed by atoms with Crippen molar-refractivity contribution in [3.05, 3.63) is 57.6 Å². The van der Waals surface area contributed by atoms with Gasteiger partial charge in [0.15, 0.2) is 5.78 Å². The molecule has 1 aliphatic rings. The van der Waals surface area contributed by atoms with E-state index >= 15 is 0 Å². The third-order valence-electron chi connectivity index (χ3n) is 4.89. The molecule has 0 unspecified atom stereocenters. The molecule has 0 aromatic heterocycles. The SMILES string of the molecule is CC(=O)c1ccc(N2CCN(S(=O)(=O)c3cc(C)ccc3O)CC2)c([N+](=O)[O-])c1. The zero-order valence-electron chi connectivity index (χ0n) is 16.0. The van der Waals surface area contributed by atoms with Crippen LogP contribution in [0.3, 0.4) is 0 Å². The summed E-state index contributed by atoms with van der Waals surface area (Å²) >= 11 is 0. The number of hydrogen-bond donors (Lipinski definition) is 1. The number of carbonyl (C=O) groups excluding carboxylic acids is 1. The Kier molecular flexibility index (Phi) is 5.58. The van der Waals surface area contributed by atoms with Gasteiger partial charge >= 0.3 is 0 Å². The Bertz CT molecular complexity index is 1080. The van der Waals surface area contributed by atoms with Crippen LogP contribution >= 0.6 is 0 Å². The number of aromatic hydroxyl groups is 1. The lowest BCUT2D eigenvalue weighted by Crippen LogP contribution is -2.48. The van der Waals surface area contributed by atoms with Crippen LogP contribution in [0.25, 0.3) is 0 Å². The molecule has 1 saturated heterocycles. The van der Waals surface area contributed by atoms with Crippen molar-refractivity contribution in [3.8, 4) is 5.75 Å². The minimum atomic E-state index is -3.89. The maximum absolute atomic E-state index is 12.9. The highest BCUT2D eigenvalue weighted by molar-refractivity contribution is 7.89. The lowest BCUT2D eigenvalue weighted by molar-refractivity contribution is -0.384. The zero-order valence-corrected chi connectivity index (χ0v) is 16.8. The predicted molar refractivity (Wildman–Crippen MR) is 107 cm³/mol. The fraction of sp³-hybridized carbons (Fsp3) is 0.316. The van der Waals surface area contributed by atoms with Crippen LogP contribution in [-0.2, 0) is 10.0 Å². The van der Waals surface area contributed by atoms with Gasteiger partial charge in [0, 0.05) is 37.8 Å². The van der Waals surface area contributed by atoms with Crippen molar-refractivity contribution in [2.45, 2.75) is 18.7 Å². The molecule has 2 aromatic carbocycles. The van der Waals surface area contributed by atoms with E-state index in [0.717, 1.165) is 0 Å². The molecule has 2 aromatic rings. The third kappa shape index (κ3) is 4.08. The molecule has 10 heteroatoms. The highest BCUT2D eigenvalue weighted by atomic mass is 32.2. The first-order valence-corrected chi connectivity index (χ1v) is 10.4. The van der Waals surface area contributed by atoms with Crippen LogP contribution in [0.5, 0.6) is 5.75 Å². The number of phenolic OH excluding ortho intramolecular Hbond substituents is 1. The quantitative estimate of drug-likeness (QED) is 0.448. The molecular formula is C19H21N3O6S. The van der Waals surface area contributed by atoms with E-state index in [9.17, 15) is 28.4 Å². The highest BCUT2D eigenvalue weighted by Crippen LogP contribution is 2.32. The molecule has 0 saturated carbocycles. The Labute approximate surface area is 168 Å². The van der Waals surface area contributed by atoms with Crippen molar-refractivity contribution in [3.63, 3.8) is 0 Å². The number of anilines is 1. The topological polar surface area (TPSA) is 121 Å². The second-order valence-electron chi connectivity index (χ2n) is 6.88. The fourth-order valence-corrected chi connectivity index (χ4v) is 4.88. The number of hydrogen-bond acceptors (Lipinski definition) is 7. The molecule has 29 heavy (non-hydrogen) atoms. The summed E-state index contributed by atoms with van der Waals surface area (Å²) in [4.78, 5) is 24.0. The third-order valence-corrected chi connectivity index (χ3v) is 6.82. The van der Waals surface area contributed by atoms with Gasteiger partial charge in [0.05, 0.1) is 4.92 Å². The average Bonchev–Trinajstić information content (AvgIpc) is 2.69. The number of sulfonamides is 1. The van der Waals surface area contributed by atoms with Gasteiger partial charge in [0.2, 0.25) is 10.0 Å². The summed E-state index contributed by atoms with van der Waals surface area (Å²) in [6.45, 7) is 3.78. The second kappa shape index (κ2) is 7.80. The molecule has 0 amide bonds. The zero-order chi connectivity index (χ0) is 21.3. The van der Waals surface area contributed by atoms with Gasteiger partial charge < -0.3 is 10.0 Å². The summed E-state index contributed by atoms with van der Waals surface area (Å²) in [5.41, 5.74) is 1.11. The van der Waals surface area contributed by atoms with Gasteiger partial charge in [-0.1, -0.05) is 6.07 Å². The number of ketones is 1. The van der Waals surface area contributed by atoms with E-state index in [-0.39, 0.29) is 53.9 Å². The Morgan fingerprint density at radius 1 is 1.10 bits per heavy atom. The van der Waals surface area contributed by atoms with Crippen molar-refractivity contribution in [2.75, 3.05) is 31.1 Å². The normalized spacial score (nSPS) is 15.3. The molecular weight excluding hydrogens is 398 g/mol. The molecule has 1 heterocycles. The van der Waals surface area contributed by atoms with Crippen LogP contribution in [0.2, 0.25) is 0 Å². The summed E-state index contributed by atoms with van der Waals surface area (Å²) in [5, 5.41) is 21.4. The molecule has 0 atom stereocenters. The van der Waals surface area contributed by atoms with Crippen LogP contribution in [-0.4, -0.2) is 54.7 Å². The maximum atomic E-state index is 12.9. The van der Waals surface area contributed by atoms with Crippen molar-refractivity contribution in [1.82, 2.24) is 4.31 Å². The van der Waals surface area contributed by atoms with E-state index in [1.165, 1.54) is 41.6 Å². The number of benzene rings is 2. The minimum Gasteiger partial charge on any atom is -0.507 e. The van der Waals surface area contributed by atoms with E-state index in [1.54, 1.807) is 17.9 Å². The number of Topliss-reactive ketones (excluding diaryl/α,β-unsaturated/α-hetero) is 1. The molecule has 0 radical (unpaired) electrons. The molecule has 1 aliphatic heterocycles. The highest BCUT2D eigenvalue weighted by Gasteiger charge is 2.32. The van der Waals surface area contributed by atoms with Crippen molar-refractivity contribution >= 4 is 27.2 Å². The molecule has 1 fully saturated rings. The monoisotopic (exact) mass is 419 g/mol. The first kappa shape index (κ1) is 20.7. The second-order valence-corrected chi connectivity index (χ2v) is 8.79. The molecule has 3 rings (SSSR count). The number of nitro groups is 1. The average molecular weight is 419 g/mol. The number of aryl methyl sites for hydroxylation is 1. The van der Waals surface area contributed by atoms with E-state index < -0.39 is 14.9 Å². The minimum absolute atomic E-state index is 0.112. The number of nitro benzene ring substituents is 1. The fourth-order valence-electron chi connectivity index (χ4n) is 3.29. The largest absolute Gasteiger partial charge is 0.507 e. The summed E-state index contributed by atoms with van der Waals surface area (Å²) in [7, 11) is -3.89. The molecule has 1 N–H and O–H groups in total. The predicted octanol–water partition coefficient (Wildman–Crippen LogP) is 2.32. The Balaban J connectivity index is 1.83. The van der Waals surface area contributed by atoms with Crippen LogP contribution in [0, 0.1) is 17.0 Å². The first-order chi connectivity index (χ1) is 13.6. The number of phenols is 1. The number of rotatable bonds is 5. The number of piperazine rings is 1. The Morgan fingerprint density at radius 2 is 1.76 bits per heavy atom. The van der Waals surface area contributed by atoms with Crippen LogP contribution < -0.4 is 4.90 Å². The van der Waals surface area contributed by atoms with E-state index in [0.29, 0.717) is 11.3 Å². The number of carbonyl (C=O) groups is 1.